The molecule has 0 aliphatic heterocycles. The second-order valence-corrected chi connectivity index (χ2v) is 6.98. The average Bonchev–Trinajstić information content (AvgIpc) is 2.36. The first-order valence-corrected chi connectivity index (χ1v) is 8.12. The van der Waals surface area contributed by atoms with Crippen LogP contribution in [-0.2, 0) is 10.0 Å². The number of nitriles is 1. The van der Waals surface area contributed by atoms with Crippen LogP contribution in [0.3, 0.4) is 0 Å². The maximum absolute atomic E-state index is 12.2. The van der Waals surface area contributed by atoms with Crippen LogP contribution >= 0.6 is 34.8 Å². The fourth-order valence-corrected chi connectivity index (χ4v) is 3.46. The molecule has 0 amide bonds. The summed E-state index contributed by atoms with van der Waals surface area (Å²) in [5.74, 6) is 0. The Morgan fingerprint density at radius 1 is 1.00 bits per heavy atom. The van der Waals surface area contributed by atoms with Gasteiger partial charge in [-0.15, -0.1) is 0 Å². The lowest BCUT2D eigenvalue weighted by atomic mass is 10.2. The van der Waals surface area contributed by atoms with Gasteiger partial charge in [-0.05, 0) is 36.4 Å². The molecular formula is C13H7Cl3N2O2S. The maximum Gasteiger partial charge on any atom is 0.261 e. The molecule has 0 fully saturated rings. The number of hydrogen-bond donors (Lipinski definition) is 1. The zero-order valence-corrected chi connectivity index (χ0v) is 13.4. The monoisotopic (exact) mass is 360 g/mol. The van der Waals surface area contributed by atoms with Gasteiger partial charge in [0.05, 0.1) is 21.2 Å². The molecule has 0 heterocycles. The highest BCUT2D eigenvalue weighted by Crippen LogP contribution is 2.26. The Kier molecular flexibility index (Phi) is 4.64. The molecule has 0 aromatic heterocycles. The molecule has 4 nitrogen and oxygen atoms in total. The van der Waals surface area contributed by atoms with Crippen LogP contribution in [0.15, 0.2) is 41.3 Å². The smallest absolute Gasteiger partial charge is 0.261 e. The van der Waals surface area contributed by atoms with Crippen LogP contribution < -0.4 is 4.72 Å². The highest BCUT2D eigenvalue weighted by molar-refractivity contribution is 7.92. The molecule has 2 aromatic carbocycles. The molecule has 0 spiro atoms. The van der Waals surface area contributed by atoms with Gasteiger partial charge in [-0.1, -0.05) is 34.8 Å². The lowest BCUT2D eigenvalue weighted by Gasteiger charge is -2.09. The van der Waals surface area contributed by atoms with Crippen molar-refractivity contribution < 1.29 is 8.42 Å². The van der Waals surface area contributed by atoms with Crippen LogP contribution in [0.1, 0.15) is 5.56 Å². The Morgan fingerprint density at radius 3 is 2.14 bits per heavy atom. The van der Waals surface area contributed by atoms with Crippen LogP contribution in [0.25, 0.3) is 0 Å². The van der Waals surface area contributed by atoms with Crippen molar-refractivity contribution in [1.29, 1.82) is 5.26 Å². The number of benzene rings is 2. The van der Waals surface area contributed by atoms with Gasteiger partial charge in [-0.25, -0.2) is 8.42 Å². The molecule has 21 heavy (non-hydrogen) atoms. The van der Waals surface area contributed by atoms with E-state index >= 15 is 0 Å². The summed E-state index contributed by atoms with van der Waals surface area (Å²) >= 11 is 17.5. The lowest BCUT2D eigenvalue weighted by Crippen LogP contribution is -2.13. The number of nitrogens with one attached hydrogen (secondary N) is 1. The predicted octanol–water partition coefficient (Wildman–Crippen LogP) is 4.32. The normalized spacial score (nSPS) is 11.0. The van der Waals surface area contributed by atoms with E-state index < -0.39 is 10.0 Å². The van der Waals surface area contributed by atoms with Crippen molar-refractivity contribution in [3.8, 4) is 6.07 Å². The summed E-state index contributed by atoms with van der Waals surface area (Å²) in [7, 11) is -3.86. The Morgan fingerprint density at radius 2 is 1.62 bits per heavy atom. The van der Waals surface area contributed by atoms with E-state index in [0.717, 1.165) is 0 Å². The summed E-state index contributed by atoms with van der Waals surface area (Å²) in [6, 6.07) is 10.0. The maximum atomic E-state index is 12.2. The zero-order chi connectivity index (χ0) is 15.6. The molecular weight excluding hydrogens is 355 g/mol. The summed E-state index contributed by atoms with van der Waals surface area (Å²) in [6.45, 7) is 0. The minimum atomic E-state index is -3.86. The quantitative estimate of drug-likeness (QED) is 0.885. The van der Waals surface area contributed by atoms with E-state index in [-0.39, 0.29) is 21.2 Å². The first kappa shape index (κ1) is 15.9. The van der Waals surface area contributed by atoms with Crippen molar-refractivity contribution in [1.82, 2.24) is 0 Å². The largest absolute Gasteiger partial charge is 0.280 e. The highest BCUT2D eigenvalue weighted by Gasteiger charge is 2.16. The fourth-order valence-electron chi connectivity index (χ4n) is 1.58. The van der Waals surface area contributed by atoms with E-state index in [2.05, 4.69) is 4.72 Å². The van der Waals surface area contributed by atoms with E-state index in [4.69, 9.17) is 40.1 Å². The molecule has 0 saturated carbocycles. The fraction of sp³-hybridized carbons (Fsp3) is 0. The second kappa shape index (κ2) is 6.12. The van der Waals surface area contributed by atoms with Crippen molar-refractivity contribution in [2.75, 3.05) is 4.72 Å². The van der Waals surface area contributed by atoms with Gasteiger partial charge in [0.1, 0.15) is 6.07 Å². The molecule has 0 aliphatic carbocycles. The third kappa shape index (κ3) is 3.80. The van der Waals surface area contributed by atoms with E-state index in [1.54, 1.807) is 0 Å². The SMILES string of the molecule is N#Cc1ccc(S(=O)(=O)Nc2cc(Cl)cc(Cl)c2)cc1Cl. The standard InChI is InChI=1S/C13H7Cl3N2O2S/c14-9-3-10(15)5-11(4-9)18-21(19,20)12-2-1-8(7-17)13(16)6-12/h1-6,18H. The van der Waals surface area contributed by atoms with Crippen LogP contribution in [0, 0.1) is 11.3 Å². The van der Waals surface area contributed by atoms with Crippen molar-refractivity contribution in [3.63, 3.8) is 0 Å². The molecule has 8 heteroatoms. The minimum Gasteiger partial charge on any atom is -0.280 e. The zero-order valence-electron chi connectivity index (χ0n) is 10.3. The molecule has 108 valence electrons. The van der Waals surface area contributed by atoms with Crippen LogP contribution in [0.4, 0.5) is 5.69 Å². The Bertz CT molecular complexity index is 825. The van der Waals surface area contributed by atoms with Gasteiger partial charge in [-0.3, -0.25) is 4.72 Å². The molecule has 0 saturated heterocycles. The molecule has 2 rings (SSSR count). The summed E-state index contributed by atoms with van der Waals surface area (Å²) in [5, 5.41) is 9.45. The molecule has 0 atom stereocenters. The summed E-state index contributed by atoms with van der Waals surface area (Å²) < 4.78 is 26.8. The molecule has 1 N–H and O–H groups in total. The summed E-state index contributed by atoms with van der Waals surface area (Å²) in [4.78, 5) is -0.0670. The van der Waals surface area contributed by atoms with E-state index in [9.17, 15) is 8.42 Å². The van der Waals surface area contributed by atoms with Gasteiger partial charge in [0.2, 0.25) is 0 Å². The van der Waals surface area contributed by atoms with Gasteiger partial charge in [-0.2, -0.15) is 5.26 Å². The third-order valence-electron chi connectivity index (χ3n) is 2.49. The molecule has 0 bridgehead atoms. The van der Waals surface area contributed by atoms with Gasteiger partial charge in [0, 0.05) is 10.0 Å². The van der Waals surface area contributed by atoms with Crippen molar-refractivity contribution >= 4 is 50.5 Å². The van der Waals surface area contributed by atoms with Crippen molar-refractivity contribution in [2.45, 2.75) is 4.90 Å². The van der Waals surface area contributed by atoms with E-state index in [1.807, 2.05) is 6.07 Å². The highest BCUT2D eigenvalue weighted by atomic mass is 35.5. The third-order valence-corrected chi connectivity index (χ3v) is 4.61. The minimum absolute atomic E-state index is 0.0597. The van der Waals surface area contributed by atoms with Crippen LogP contribution in [0.2, 0.25) is 15.1 Å². The predicted molar refractivity (Wildman–Crippen MR) is 83.4 cm³/mol. The topological polar surface area (TPSA) is 70.0 Å². The number of anilines is 1. The van der Waals surface area contributed by atoms with Crippen LogP contribution in [-0.4, -0.2) is 8.42 Å². The summed E-state index contributed by atoms with van der Waals surface area (Å²) in [6.07, 6.45) is 0. The number of rotatable bonds is 3. The molecule has 0 aliphatic rings. The number of halogens is 3. The lowest BCUT2D eigenvalue weighted by molar-refractivity contribution is 0.601. The first-order valence-electron chi connectivity index (χ1n) is 5.50. The molecule has 0 radical (unpaired) electrons. The Hall–Kier alpha value is -1.45. The van der Waals surface area contributed by atoms with Crippen molar-refractivity contribution in [2.24, 2.45) is 0 Å². The molecule has 2 aromatic rings. The number of hydrogen-bond acceptors (Lipinski definition) is 3. The van der Waals surface area contributed by atoms with E-state index in [0.29, 0.717) is 10.0 Å². The number of sulfonamides is 1. The van der Waals surface area contributed by atoms with Gasteiger partial charge < -0.3 is 0 Å². The van der Waals surface area contributed by atoms with Crippen molar-refractivity contribution in [3.05, 3.63) is 57.0 Å². The van der Waals surface area contributed by atoms with Gasteiger partial charge in [0.25, 0.3) is 10.0 Å². The van der Waals surface area contributed by atoms with Crippen LogP contribution in [0.5, 0.6) is 0 Å². The Labute approximate surface area is 136 Å². The Balaban J connectivity index is 2.39. The summed E-state index contributed by atoms with van der Waals surface area (Å²) in [5.41, 5.74) is 0.425. The second-order valence-electron chi connectivity index (χ2n) is 4.02. The first-order chi connectivity index (χ1) is 9.81. The average molecular weight is 362 g/mol. The van der Waals surface area contributed by atoms with E-state index in [1.165, 1.54) is 36.4 Å². The van der Waals surface area contributed by atoms with Gasteiger partial charge >= 0.3 is 0 Å². The molecule has 0 unspecified atom stereocenters. The van der Waals surface area contributed by atoms with Gasteiger partial charge in [0.15, 0.2) is 0 Å². The number of nitrogens with zero attached hydrogens (tertiary/aromatic N) is 1.